The van der Waals surface area contributed by atoms with Gasteiger partial charge in [0, 0.05) is 23.7 Å². The van der Waals surface area contributed by atoms with Gasteiger partial charge in [-0.15, -0.1) is 0 Å². The molecule has 0 spiro atoms. The summed E-state index contributed by atoms with van der Waals surface area (Å²) in [5.74, 6) is 0.200. The van der Waals surface area contributed by atoms with Crippen LogP contribution in [0.1, 0.15) is 31.2 Å². The SMILES string of the molecule is COc1cc(/C=C2\SC(=S)N(CCCCCC(=O)Nc3ccc(Cl)cc3)C2=O)ccc1O. The van der Waals surface area contributed by atoms with Crippen molar-refractivity contribution in [2.24, 2.45) is 0 Å². The largest absolute Gasteiger partial charge is 0.504 e. The molecule has 0 bridgehead atoms. The van der Waals surface area contributed by atoms with Crippen LogP contribution in [0.5, 0.6) is 11.5 Å². The number of phenolic OH excluding ortho intramolecular Hbond substituents is 1. The lowest BCUT2D eigenvalue weighted by atomic mass is 10.1. The van der Waals surface area contributed by atoms with Gasteiger partial charge in [-0.25, -0.2) is 0 Å². The summed E-state index contributed by atoms with van der Waals surface area (Å²) in [5, 5.41) is 13.2. The summed E-state index contributed by atoms with van der Waals surface area (Å²) in [6.07, 6.45) is 4.42. The van der Waals surface area contributed by atoms with Crippen molar-refractivity contribution in [3.63, 3.8) is 0 Å². The first-order chi connectivity index (χ1) is 15.4. The van der Waals surface area contributed by atoms with Gasteiger partial charge in [0.25, 0.3) is 5.91 Å². The Morgan fingerprint density at radius 3 is 2.69 bits per heavy atom. The molecular formula is C23H23ClN2O4S2. The Kier molecular flexibility index (Phi) is 8.55. The highest BCUT2D eigenvalue weighted by Gasteiger charge is 2.31. The van der Waals surface area contributed by atoms with Gasteiger partial charge < -0.3 is 15.2 Å². The van der Waals surface area contributed by atoms with E-state index in [0.717, 1.165) is 30.5 Å². The number of methoxy groups -OCH3 is 1. The number of anilines is 1. The Labute approximate surface area is 201 Å². The smallest absolute Gasteiger partial charge is 0.266 e. The lowest BCUT2D eigenvalue weighted by Gasteiger charge is -2.14. The van der Waals surface area contributed by atoms with E-state index in [0.29, 0.717) is 33.0 Å². The molecule has 0 aromatic heterocycles. The molecule has 168 valence electrons. The van der Waals surface area contributed by atoms with E-state index < -0.39 is 0 Å². The van der Waals surface area contributed by atoms with Crippen LogP contribution in [-0.4, -0.2) is 39.8 Å². The molecule has 0 radical (unpaired) electrons. The van der Waals surface area contributed by atoms with E-state index in [-0.39, 0.29) is 17.6 Å². The first-order valence-electron chi connectivity index (χ1n) is 10.0. The Morgan fingerprint density at radius 1 is 1.22 bits per heavy atom. The number of benzene rings is 2. The van der Waals surface area contributed by atoms with E-state index >= 15 is 0 Å². The van der Waals surface area contributed by atoms with Crippen molar-refractivity contribution in [1.82, 2.24) is 4.90 Å². The van der Waals surface area contributed by atoms with Crippen LogP contribution >= 0.6 is 35.6 Å². The Bertz CT molecular complexity index is 1040. The Balaban J connectivity index is 1.44. The van der Waals surface area contributed by atoms with Gasteiger partial charge in [-0.05, 0) is 60.9 Å². The number of phenols is 1. The van der Waals surface area contributed by atoms with Crippen molar-refractivity contribution in [2.45, 2.75) is 25.7 Å². The van der Waals surface area contributed by atoms with Gasteiger partial charge in [-0.2, -0.15) is 0 Å². The van der Waals surface area contributed by atoms with Crippen molar-refractivity contribution in [3.05, 3.63) is 58.0 Å². The molecule has 0 atom stereocenters. The normalized spacial score (nSPS) is 14.8. The van der Waals surface area contributed by atoms with E-state index in [1.165, 1.54) is 24.9 Å². The molecule has 32 heavy (non-hydrogen) atoms. The van der Waals surface area contributed by atoms with Crippen molar-refractivity contribution >= 4 is 63.5 Å². The average Bonchev–Trinajstić information content (AvgIpc) is 3.03. The fraction of sp³-hybridized carbons (Fsp3) is 0.261. The number of unbranched alkanes of at least 4 members (excludes halogenated alkanes) is 2. The fourth-order valence-electron chi connectivity index (χ4n) is 3.12. The van der Waals surface area contributed by atoms with E-state index in [2.05, 4.69) is 5.32 Å². The van der Waals surface area contributed by atoms with Crippen molar-refractivity contribution in [2.75, 3.05) is 19.0 Å². The summed E-state index contributed by atoms with van der Waals surface area (Å²) >= 11 is 12.5. The highest BCUT2D eigenvalue weighted by atomic mass is 35.5. The van der Waals surface area contributed by atoms with Gasteiger partial charge in [-0.3, -0.25) is 14.5 Å². The molecule has 0 saturated carbocycles. The van der Waals surface area contributed by atoms with E-state index in [1.54, 1.807) is 47.4 Å². The first-order valence-corrected chi connectivity index (χ1v) is 11.7. The monoisotopic (exact) mass is 490 g/mol. The Hall–Kier alpha value is -2.55. The summed E-state index contributed by atoms with van der Waals surface area (Å²) < 4.78 is 5.63. The predicted octanol–water partition coefficient (Wildman–Crippen LogP) is 5.45. The minimum atomic E-state index is -0.132. The van der Waals surface area contributed by atoms with Crippen LogP contribution in [0.4, 0.5) is 5.69 Å². The molecule has 2 aromatic carbocycles. The molecule has 2 amide bonds. The lowest BCUT2D eigenvalue weighted by molar-refractivity contribution is -0.122. The maximum atomic E-state index is 12.7. The summed E-state index contributed by atoms with van der Waals surface area (Å²) in [6.45, 7) is 0.514. The maximum Gasteiger partial charge on any atom is 0.266 e. The quantitative estimate of drug-likeness (QED) is 0.276. The van der Waals surface area contributed by atoms with Gasteiger partial charge in [0.2, 0.25) is 5.91 Å². The van der Waals surface area contributed by atoms with Gasteiger partial charge in [0.05, 0.1) is 12.0 Å². The lowest BCUT2D eigenvalue weighted by Crippen LogP contribution is -2.29. The van der Waals surface area contributed by atoms with E-state index in [1.807, 2.05) is 0 Å². The highest BCUT2D eigenvalue weighted by Crippen LogP contribution is 2.34. The minimum absolute atomic E-state index is 0.0408. The number of thioether (sulfide) groups is 1. The second-order valence-electron chi connectivity index (χ2n) is 7.13. The summed E-state index contributed by atoms with van der Waals surface area (Å²) in [7, 11) is 1.47. The van der Waals surface area contributed by atoms with Crippen LogP contribution in [0.25, 0.3) is 6.08 Å². The molecule has 9 heteroatoms. The number of amides is 2. The molecular weight excluding hydrogens is 468 g/mol. The molecule has 2 N–H and O–H groups in total. The maximum absolute atomic E-state index is 12.7. The zero-order valence-electron chi connectivity index (χ0n) is 17.5. The predicted molar refractivity (Wildman–Crippen MR) is 133 cm³/mol. The van der Waals surface area contributed by atoms with Crippen LogP contribution < -0.4 is 10.1 Å². The van der Waals surface area contributed by atoms with E-state index in [9.17, 15) is 14.7 Å². The summed E-state index contributed by atoms with van der Waals surface area (Å²) in [4.78, 5) is 26.9. The number of thiocarbonyl (C=S) groups is 1. The second-order valence-corrected chi connectivity index (χ2v) is 9.24. The Morgan fingerprint density at radius 2 is 1.97 bits per heavy atom. The molecule has 1 heterocycles. The first kappa shape index (κ1) is 24.1. The number of hydrogen-bond donors (Lipinski definition) is 2. The molecule has 1 aliphatic heterocycles. The topological polar surface area (TPSA) is 78.9 Å². The molecule has 2 aromatic rings. The zero-order valence-corrected chi connectivity index (χ0v) is 19.9. The highest BCUT2D eigenvalue weighted by molar-refractivity contribution is 8.26. The third-order valence-corrected chi connectivity index (χ3v) is 6.42. The standard InChI is InChI=1S/C23H23ClN2O4S2/c1-30-19-13-15(6-11-18(19)27)14-20-22(29)26(23(31)32-20)12-4-2-3-5-21(28)25-17-9-7-16(24)8-10-17/h6-11,13-14,27H,2-5,12H2,1H3,(H,25,28)/b20-14-. The molecule has 3 rings (SSSR count). The zero-order chi connectivity index (χ0) is 23.1. The van der Waals surface area contributed by atoms with Crippen LogP contribution in [0.15, 0.2) is 47.4 Å². The van der Waals surface area contributed by atoms with Gasteiger partial charge in [0.15, 0.2) is 11.5 Å². The van der Waals surface area contributed by atoms with Gasteiger partial charge in [-0.1, -0.05) is 48.1 Å². The number of aromatic hydroxyl groups is 1. The minimum Gasteiger partial charge on any atom is -0.504 e. The van der Waals surface area contributed by atoms with Gasteiger partial charge >= 0.3 is 0 Å². The van der Waals surface area contributed by atoms with E-state index in [4.69, 9.17) is 28.6 Å². The number of carbonyl (C=O) groups is 2. The number of ether oxygens (including phenoxy) is 1. The van der Waals surface area contributed by atoms with Crippen LogP contribution in [-0.2, 0) is 9.59 Å². The number of halogens is 1. The number of carbonyl (C=O) groups excluding carboxylic acids is 2. The summed E-state index contributed by atoms with van der Waals surface area (Å²) in [5.41, 5.74) is 1.46. The fourth-order valence-corrected chi connectivity index (χ4v) is 4.55. The van der Waals surface area contributed by atoms with Crippen molar-refractivity contribution < 1.29 is 19.4 Å². The third kappa shape index (κ3) is 6.48. The molecule has 1 saturated heterocycles. The molecule has 0 aliphatic carbocycles. The number of rotatable bonds is 9. The number of hydrogen-bond acceptors (Lipinski definition) is 6. The van der Waals surface area contributed by atoms with Crippen LogP contribution in [0, 0.1) is 0 Å². The summed E-state index contributed by atoms with van der Waals surface area (Å²) in [6, 6.07) is 11.9. The molecule has 1 fully saturated rings. The molecule has 0 unspecified atom stereocenters. The average molecular weight is 491 g/mol. The number of nitrogens with zero attached hydrogens (tertiary/aromatic N) is 1. The third-order valence-electron chi connectivity index (χ3n) is 4.79. The second kappa shape index (κ2) is 11.4. The molecule has 1 aliphatic rings. The number of nitrogens with one attached hydrogen (secondary N) is 1. The van der Waals surface area contributed by atoms with Crippen LogP contribution in [0.2, 0.25) is 5.02 Å². The van der Waals surface area contributed by atoms with Crippen LogP contribution in [0.3, 0.4) is 0 Å². The van der Waals surface area contributed by atoms with Crippen molar-refractivity contribution in [3.8, 4) is 11.5 Å². The van der Waals surface area contributed by atoms with Crippen molar-refractivity contribution in [1.29, 1.82) is 0 Å². The molecule has 6 nitrogen and oxygen atoms in total. The van der Waals surface area contributed by atoms with Gasteiger partial charge in [0.1, 0.15) is 4.32 Å².